The molecule has 1 fully saturated rings. The quantitative estimate of drug-likeness (QED) is 0.327. The van der Waals surface area contributed by atoms with E-state index < -0.39 is 40.8 Å². The molecule has 0 radical (unpaired) electrons. The number of ketones is 2. The number of anilines is 2. The molecule has 1 saturated heterocycles. The molecule has 41 heavy (non-hydrogen) atoms. The lowest BCUT2D eigenvalue weighted by molar-refractivity contribution is -0.121. The summed E-state index contributed by atoms with van der Waals surface area (Å²) in [5.41, 5.74) is 1.47. The summed E-state index contributed by atoms with van der Waals surface area (Å²) < 4.78 is 20.6. The van der Waals surface area contributed by atoms with E-state index in [-0.39, 0.29) is 11.5 Å². The predicted molar refractivity (Wildman–Crippen MR) is 154 cm³/mol. The van der Waals surface area contributed by atoms with E-state index in [9.17, 15) is 14.4 Å². The molecule has 3 aliphatic heterocycles. The molecule has 4 atom stereocenters. The summed E-state index contributed by atoms with van der Waals surface area (Å²) in [6.45, 7) is 0. The highest BCUT2D eigenvalue weighted by molar-refractivity contribution is 6.18. The molecule has 1 amide bonds. The fourth-order valence-corrected chi connectivity index (χ4v) is 6.90. The van der Waals surface area contributed by atoms with Crippen LogP contribution >= 0.6 is 0 Å². The molecule has 3 aliphatic rings. The summed E-state index contributed by atoms with van der Waals surface area (Å²) in [6.07, 6.45) is 3.82. The fraction of sp³-hybridized carbons (Fsp3) is 0.147. The second-order valence-electron chi connectivity index (χ2n) is 10.5. The minimum absolute atomic E-state index is 0.129. The van der Waals surface area contributed by atoms with E-state index in [0.717, 1.165) is 5.56 Å². The van der Waals surface area contributed by atoms with Crippen LogP contribution in [0.1, 0.15) is 31.8 Å². The molecule has 0 saturated carbocycles. The van der Waals surface area contributed by atoms with E-state index in [1.54, 1.807) is 36.4 Å². The third-order valence-corrected chi connectivity index (χ3v) is 8.59. The van der Waals surface area contributed by atoms with Gasteiger partial charge in [0.2, 0.25) is 5.91 Å². The van der Waals surface area contributed by atoms with Gasteiger partial charge in [0, 0.05) is 16.9 Å². The molecule has 4 aromatic rings. The highest BCUT2D eigenvalue weighted by Crippen LogP contribution is 2.58. The Labute approximate surface area is 236 Å². The maximum absolute atomic E-state index is 15.2. The summed E-state index contributed by atoms with van der Waals surface area (Å²) in [4.78, 5) is 45.5. The minimum Gasteiger partial charge on any atom is -0.497 e. The Balaban J connectivity index is 1.55. The minimum atomic E-state index is -1.47. The summed E-state index contributed by atoms with van der Waals surface area (Å²) >= 11 is 0. The van der Waals surface area contributed by atoms with Crippen molar-refractivity contribution in [3.05, 3.63) is 131 Å². The van der Waals surface area contributed by atoms with E-state index in [2.05, 4.69) is 5.32 Å². The third-order valence-electron chi connectivity index (χ3n) is 8.59. The van der Waals surface area contributed by atoms with E-state index in [1.165, 1.54) is 25.3 Å². The maximum atomic E-state index is 15.2. The van der Waals surface area contributed by atoms with E-state index in [0.29, 0.717) is 28.3 Å². The predicted octanol–water partition coefficient (Wildman–Crippen LogP) is 5.69. The first kappa shape index (κ1) is 25.0. The lowest BCUT2D eigenvalue weighted by Crippen LogP contribution is -2.51. The van der Waals surface area contributed by atoms with Crippen LogP contribution in [0.4, 0.5) is 15.8 Å². The lowest BCUT2D eigenvalue weighted by Gasteiger charge is -2.37. The van der Waals surface area contributed by atoms with Crippen molar-refractivity contribution >= 4 is 34.9 Å². The first-order valence-corrected chi connectivity index (χ1v) is 13.4. The molecule has 6 nitrogen and oxygen atoms in total. The average molecular weight is 545 g/mol. The molecular weight excluding hydrogens is 519 g/mol. The van der Waals surface area contributed by atoms with Crippen molar-refractivity contribution in [1.29, 1.82) is 0 Å². The van der Waals surface area contributed by atoms with Crippen molar-refractivity contribution < 1.29 is 23.5 Å². The summed E-state index contributed by atoms with van der Waals surface area (Å²) in [6, 6.07) is 25.4. The lowest BCUT2D eigenvalue weighted by atomic mass is 9.64. The smallest absolute Gasteiger partial charge is 0.238 e. The van der Waals surface area contributed by atoms with Crippen molar-refractivity contribution in [2.24, 2.45) is 5.92 Å². The molecule has 0 aromatic heterocycles. The summed E-state index contributed by atoms with van der Waals surface area (Å²) in [7, 11) is 1.51. The van der Waals surface area contributed by atoms with Gasteiger partial charge in [0.25, 0.3) is 0 Å². The second-order valence-corrected chi connectivity index (χ2v) is 10.5. The number of ether oxygens (including phenoxy) is 1. The average Bonchev–Trinajstić information content (AvgIpc) is 3.49. The molecule has 0 aliphatic carbocycles. The van der Waals surface area contributed by atoms with Gasteiger partial charge in [0.05, 0.1) is 24.6 Å². The van der Waals surface area contributed by atoms with Gasteiger partial charge in [-0.2, -0.15) is 0 Å². The Bertz CT molecular complexity index is 1780. The highest BCUT2D eigenvalue weighted by atomic mass is 19.1. The first-order valence-electron chi connectivity index (χ1n) is 13.4. The van der Waals surface area contributed by atoms with Crippen LogP contribution in [0.15, 0.2) is 103 Å². The van der Waals surface area contributed by atoms with Crippen LogP contribution in [0.2, 0.25) is 0 Å². The highest BCUT2D eigenvalue weighted by Gasteiger charge is 2.70. The van der Waals surface area contributed by atoms with Crippen molar-refractivity contribution in [2.75, 3.05) is 17.3 Å². The third kappa shape index (κ3) is 3.45. The topological polar surface area (TPSA) is 75.7 Å². The summed E-state index contributed by atoms with van der Waals surface area (Å²) in [5, 5.41) is 2.99. The van der Waals surface area contributed by atoms with Gasteiger partial charge in [-0.25, -0.2) is 4.39 Å². The molecule has 7 rings (SSSR count). The van der Waals surface area contributed by atoms with Gasteiger partial charge in [0.15, 0.2) is 11.6 Å². The number of carbonyl (C=O) groups is 3. The number of halogens is 1. The van der Waals surface area contributed by atoms with Crippen molar-refractivity contribution in [2.45, 2.75) is 17.5 Å². The number of fused-ring (bicyclic) bond motifs is 6. The van der Waals surface area contributed by atoms with Crippen LogP contribution in [0.25, 0.3) is 6.08 Å². The maximum Gasteiger partial charge on any atom is 0.238 e. The molecule has 0 bridgehead atoms. The Kier molecular flexibility index (Phi) is 5.64. The van der Waals surface area contributed by atoms with Crippen LogP contribution in [0.5, 0.6) is 5.75 Å². The normalized spacial score (nSPS) is 23.5. The van der Waals surface area contributed by atoms with Crippen LogP contribution < -0.4 is 15.0 Å². The molecule has 0 unspecified atom stereocenters. The van der Waals surface area contributed by atoms with Gasteiger partial charge in [-0.05, 0) is 47.5 Å². The number of hydrogen-bond donors (Lipinski definition) is 1. The number of rotatable bonds is 5. The first-order chi connectivity index (χ1) is 20.0. The number of amides is 1. The van der Waals surface area contributed by atoms with Gasteiger partial charge < -0.3 is 15.0 Å². The van der Waals surface area contributed by atoms with Gasteiger partial charge in [0.1, 0.15) is 23.0 Å². The monoisotopic (exact) mass is 544 g/mol. The fourth-order valence-electron chi connectivity index (χ4n) is 6.90. The van der Waals surface area contributed by atoms with Crippen LogP contribution in [-0.2, 0) is 10.2 Å². The van der Waals surface area contributed by atoms with E-state index in [4.69, 9.17) is 4.74 Å². The zero-order valence-electron chi connectivity index (χ0n) is 22.1. The van der Waals surface area contributed by atoms with Crippen molar-refractivity contribution in [1.82, 2.24) is 0 Å². The largest absolute Gasteiger partial charge is 0.497 e. The Hall–Kier alpha value is -5.04. The number of Topliss-reactive ketones (excluding diaryl/α,β-unsaturated/α-hetero) is 2. The second kappa shape index (κ2) is 9.27. The molecule has 3 heterocycles. The number of para-hydroxylation sites is 2. The van der Waals surface area contributed by atoms with E-state index in [1.807, 2.05) is 59.5 Å². The SMILES string of the molecule is COc1cccc(C(=O)[C@@H]2[C@@H](C(=O)c3ccccc3F)N3c4ccccc4C=C[C@@H]3[C@@]23C(=O)Nc2ccccc23)c1. The van der Waals surface area contributed by atoms with Crippen molar-refractivity contribution in [3.8, 4) is 5.75 Å². The zero-order valence-corrected chi connectivity index (χ0v) is 22.1. The standard InChI is InChI=1S/C34H25FN2O4/c1-41-22-11-8-10-21(19-22)31(38)29-30(32(39)23-12-3-5-14-25(23)35)37-27-16-7-2-9-20(27)17-18-28(37)34(29)24-13-4-6-15-26(24)36-33(34)40/h2-19,28-30H,1H3,(H,36,40)/t28-,29+,30+,34-/m1/s1. The zero-order chi connectivity index (χ0) is 28.3. The number of benzene rings is 4. The van der Waals surface area contributed by atoms with Crippen LogP contribution in [0, 0.1) is 11.7 Å². The van der Waals surface area contributed by atoms with Crippen LogP contribution in [-0.4, -0.2) is 36.7 Å². The molecule has 1 spiro atoms. The molecule has 1 N–H and O–H groups in total. The van der Waals surface area contributed by atoms with Crippen LogP contribution in [0.3, 0.4) is 0 Å². The molecular formula is C34H25FN2O4. The number of hydrogen-bond acceptors (Lipinski definition) is 5. The number of carbonyl (C=O) groups excluding carboxylic acids is 3. The number of methoxy groups -OCH3 is 1. The molecule has 4 aromatic carbocycles. The van der Waals surface area contributed by atoms with Gasteiger partial charge >= 0.3 is 0 Å². The number of nitrogens with one attached hydrogen (secondary N) is 1. The Morgan fingerprint density at radius 2 is 1.66 bits per heavy atom. The van der Waals surface area contributed by atoms with Crippen molar-refractivity contribution in [3.63, 3.8) is 0 Å². The van der Waals surface area contributed by atoms with Gasteiger partial charge in [-0.3, -0.25) is 14.4 Å². The van der Waals surface area contributed by atoms with E-state index >= 15 is 4.39 Å². The molecule has 202 valence electrons. The molecule has 7 heteroatoms. The number of nitrogens with zero attached hydrogens (tertiary/aromatic N) is 1. The summed E-state index contributed by atoms with van der Waals surface area (Å²) in [5.74, 6) is -2.73. The van der Waals surface area contributed by atoms with Gasteiger partial charge in [-0.15, -0.1) is 0 Å². The Morgan fingerprint density at radius 3 is 2.49 bits per heavy atom. The Morgan fingerprint density at radius 1 is 0.902 bits per heavy atom. The van der Waals surface area contributed by atoms with Gasteiger partial charge in [-0.1, -0.05) is 72.8 Å².